The van der Waals surface area contributed by atoms with Crippen molar-refractivity contribution in [1.29, 1.82) is 0 Å². The average molecular weight is 482 g/mol. The molecule has 0 aliphatic rings. The smallest absolute Gasteiger partial charge is 0.130 e. The third kappa shape index (κ3) is 5.77. The Morgan fingerprint density at radius 1 is 0.914 bits per heavy atom. The Morgan fingerprint density at radius 2 is 1.71 bits per heavy atom. The zero-order valence-electron chi connectivity index (χ0n) is 19.0. The molecule has 0 unspecified atom stereocenters. The lowest BCUT2D eigenvalue weighted by atomic mass is 10.0. The van der Waals surface area contributed by atoms with Crippen molar-refractivity contribution >= 4 is 34.2 Å². The second kappa shape index (κ2) is 10.6. The summed E-state index contributed by atoms with van der Waals surface area (Å²) in [6.07, 6.45) is 5.71. The summed E-state index contributed by atoms with van der Waals surface area (Å²) in [4.78, 5) is 8.90. The first kappa shape index (κ1) is 22.8. The molecule has 2 heterocycles. The average Bonchev–Trinajstić information content (AvgIpc) is 3.36. The zero-order valence-corrected chi connectivity index (χ0v) is 19.8. The Labute approximate surface area is 208 Å². The molecule has 0 spiro atoms. The number of imidazole rings is 1. The summed E-state index contributed by atoms with van der Waals surface area (Å²) >= 11 is 6.06. The molecule has 0 aliphatic carbocycles. The van der Waals surface area contributed by atoms with Gasteiger partial charge in [0.05, 0.1) is 29.8 Å². The third-order valence-corrected chi connectivity index (χ3v) is 5.93. The van der Waals surface area contributed by atoms with Gasteiger partial charge in [-0.2, -0.15) is 0 Å². The summed E-state index contributed by atoms with van der Waals surface area (Å²) in [6.45, 7) is 0.925. The van der Waals surface area contributed by atoms with E-state index in [9.17, 15) is 5.11 Å². The van der Waals surface area contributed by atoms with Crippen molar-refractivity contribution in [3.05, 3.63) is 125 Å². The minimum atomic E-state index is -0.0820. The molecule has 5 rings (SSSR count). The number of aliphatic hydroxyl groups excluding tert-OH is 1. The first-order valence-electron chi connectivity index (χ1n) is 11.3. The molecule has 0 saturated heterocycles. The first-order valence-corrected chi connectivity index (χ1v) is 11.7. The number of halogens is 1. The lowest BCUT2D eigenvalue weighted by Crippen LogP contribution is -2.00. The van der Waals surface area contributed by atoms with E-state index in [0.29, 0.717) is 23.9 Å². The molecule has 35 heavy (non-hydrogen) atoms. The molecule has 5 aromatic rings. The molecule has 174 valence electrons. The van der Waals surface area contributed by atoms with Crippen LogP contribution in [0.4, 0.5) is 0 Å². The van der Waals surface area contributed by atoms with Crippen LogP contribution in [0.3, 0.4) is 0 Å². The molecule has 0 aliphatic heterocycles. The van der Waals surface area contributed by atoms with E-state index < -0.39 is 0 Å². The van der Waals surface area contributed by atoms with Crippen LogP contribution in [-0.2, 0) is 19.8 Å². The van der Waals surface area contributed by atoms with Crippen molar-refractivity contribution in [2.75, 3.05) is 0 Å². The Morgan fingerprint density at radius 3 is 2.49 bits per heavy atom. The summed E-state index contributed by atoms with van der Waals surface area (Å²) in [5.41, 5.74) is 5.70. The topological polar surface area (TPSA) is 60.2 Å². The standard InChI is InChI=1S/C29H24ClN3O2/c30-25-10-5-21(6-11-25)15-24(16-33-17-27(18-34)31-20-33)22-8-13-28(14-9-22)35-19-26-12-7-23-3-1-2-4-29(23)32-26/h1-15,17,20,34H,16,18-19H2/b24-15-. The van der Waals surface area contributed by atoms with E-state index in [1.54, 1.807) is 6.33 Å². The number of para-hydroxylation sites is 1. The number of aromatic nitrogens is 3. The normalized spacial score (nSPS) is 11.7. The highest BCUT2D eigenvalue weighted by atomic mass is 35.5. The van der Waals surface area contributed by atoms with E-state index in [1.807, 2.05) is 71.4 Å². The van der Waals surface area contributed by atoms with Crippen molar-refractivity contribution in [2.24, 2.45) is 0 Å². The van der Waals surface area contributed by atoms with Crippen LogP contribution < -0.4 is 4.74 Å². The molecule has 0 atom stereocenters. The summed E-state index contributed by atoms with van der Waals surface area (Å²) in [5.74, 6) is 0.778. The summed E-state index contributed by atoms with van der Waals surface area (Å²) in [6, 6.07) is 27.9. The molecule has 0 radical (unpaired) electrons. The highest BCUT2D eigenvalue weighted by Gasteiger charge is 2.07. The molecule has 0 saturated carbocycles. The molecule has 0 amide bonds. The lowest BCUT2D eigenvalue weighted by Gasteiger charge is -2.12. The minimum Gasteiger partial charge on any atom is -0.487 e. The van der Waals surface area contributed by atoms with Gasteiger partial charge in [-0.15, -0.1) is 0 Å². The van der Waals surface area contributed by atoms with E-state index in [4.69, 9.17) is 16.3 Å². The molecule has 0 bridgehead atoms. The van der Waals surface area contributed by atoms with E-state index in [-0.39, 0.29) is 6.61 Å². The predicted molar refractivity (Wildman–Crippen MR) is 140 cm³/mol. The number of nitrogens with zero attached hydrogens (tertiary/aromatic N) is 3. The van der Waals surface area contributed by atoms with E-state index in [0.717, 1.165) is 39.0 Å². The third-order valence-electron chi connectivity index (χ3n) is 5.68. The van der Waals surface area contributed by atoms with Crippen molar-refractivity contribution in [3.8, 4) is 5.75 Å². The van der Waals surface area contributed by atoms with Crippen LogP contribution >= 0.6 is 11.6 Å². The number of pyridine rings is 1. The molecular weight excluding hydrogens is 458 g/mol. The highest BCUT2D eigenvalue weighted by molar-refractivity contribution is 6.30. The summed E-state index contributed by atoms with van der Waals surface area (Å²) in [7, 11) is 0. The van der Waals surface area contributed by atoms with Crippen LogP contribution in [0.2, 0.25) is 5.02 Å². The molecule has 2 aromatic heterocycles. The molecule has 5 nitrogen and oxygen atoms in total. The van der Waals surface area contributed by atoms with Gasteiger partial charge >= 0.3 is 0 Å². The quantitative estimate of drug-likeness (QED) is 0.261. The number of fused-ring (bicyclic) bond motifs is 1. The van der Waals surface area contributed by atoms with Crippen LogP contribution in [-0.4, -0.2) is 19.6 Å². The Kier molecular flexibility index (Phi) is 6.89. The molecule has 1 N–H and O–H groups in total. The highest BCUT2D eigenvalue weighted by Crippen LogP contribution is 2.24. The molecule has 3 aromatic carbocycles. The number of aliphatic hydroxyl groups is 1. The Hall–Kier alpha value is -3.93. The number of hydrogen-bond donors (Lipinski definition) is 1. The predicted octanol–water partition coefficient (Wildman–Crippen LogP) is 6.40. The van der Waals surface area contributed by atoms with E-state index >= 15 is 0 Å². The van der Waals surface area contributed by atoms with Gasteiger partial charge in [-0.25, -0.2) is 9.97 Å². The van der Waals surface area contributed by atoms with E-state index in [2.05, 4.69) is 40.3 Å². The van der Waals surface area contributed by atoms with Gasteiger partial charge in [-0.1, -0.05) is 60.1 Å². The van der Waals surface area contributed by atoms with Crippen LogP contribution in [0.25, 0.3) is 22.6 Å². The minimum absolute atomic E-state index is 0.0820. The van der Waals surface area contributed by atoms with Gasteiger partial charge < -0.3 is 14.4 Å². The fourth-order valence-electron chi connectivity index (χ4n) is 3.86. The maximum absolute atomic E-state index is 9.36. The van der Waals surface area contributed by atoms with Gasteiger partial charge in [0.25, 0.3) is 0 Å². The summed E-state index contributed by atoms with van der Waals surface area (Å²) < 4.78 is 7.97. The van der Waals surface area contributed by atoms with Crippen molar-refractivity contribution in [2.45, 2.75) is 19.8 Å². The maximum Gasteiger partial charge on any atom is 0.130 e. The number of ether oxygens (including phenoxy) is 1. The van der Waals surface area contributed by atoms with Crippen LogP contribution in [0, 0.1) is 0 Å². The van der Waals surface area contributed by atoms with Crippen molar-refractivity contribution < 1.29 is 9.84 Å². The van der Waals surface area contributed by atoms with Crippen molar-refractivity contribution in [3.63, 3.8) is 0 Å². The second-order valence-electron chi connectivity index (χ2n) is 8.22. The van der Waals surface area contributed by atoms with Gasteiger partial charge in [-0.05, 0) is 59.2 Å². The maximum atomic E-state index is 9.36. The van der Waals surface area contributed by atoms with E-state index in [1.165, 1.54) is 0 Å². The first-order chi connectivity index (χ1) is 17.2. The SMILES string of the molecule is OCc1cn(C/C(=C/c2ccc(Cl)cc2)c2ccc(OCc3ccc4ccccc4n3)cc2)cn1. The largest absolute Gasteiger partial charge is 0.487 e. The number of benzene rings is 3. The van der Waals surface area contributed by atoms with Gasteiger partial charge in [0.2, 0.25) is 0 Å². The fraction of sp³-hybridized carbons (Fsp3) is 0.103. The van der Waals surface area contributed by atoms with Gasteiger partial charge in [0, 0.05) is 23.2 Å². The number of hydrogen-bond acceptors (Lipinski definition) is 4. The summed E-state index contributed by atoms with van der Waals surface area (Å²) in [5, 5.41) is 11.2. The lowest BCUT2D eigenvalue weighted by molar-refractivity contribution is 0.277. The van der Waals surface area contributed by atoms with Crippen LogP contribution in [0.5, 0.6) is 5.75 Å². The monoisotopic (exact) mass is 481 g/mol. The molecular formula is C29H24ClN3O2. The van der Waals surface area contributed by atoms with Gasteiger partial charge in [-0.3, -0.25) is 0 Å². The fourth-order valence-corrected chi connectivity index (χ4v) is 3.99. The number of allylic oxidation sites excluding steroid dienone is 1. The van der Waals surface area contributed by atoms with Gasteiger partial charge in [0.1, 0.15) is 12.4 Å². The molecule has 6 heteroatoms. The Bertz CT molecular complexity index is 1460. The van der Waals surface area contributed by atoms with Crippen LogP contribution in [0.1, 0.15) is 22.5 Å². The van der Waals surface area contributed by atoms with Crippen LogP contribution in [0.15, 0.2) is 97.5 Å². The molecule has 0 fully saturated rings. The second-order valence-corrected chi connectivity index (χ2v) is 8.66. The zero-order chi connectivity index (χ0) is 24.0. The van der Waals surface area contributed by atoms with Crippen molar-refractivity contribution in [1.82, 2.24) is 14.5 Å². The Balaban J connectivity index is 1.34. The van der Waals surface area contributed by atoms with Gasteiger partial charge in [0.15, 0.2) is 0 Å². The number of rotatable bonds is 8.